The molecule has 5 N–H and O–H groups in total. The molecule has 4 aromatic rings. The normalized spacial score (nSPS) is 10.8. The number of hydrogen-bond acceptors (Lipinski definition) is 6. The molecule has 6 heteroatoms. The molecule has 6 nitrogen and oxygen atoms in total. The van der Waals surface area contributed by atoms with Gasteiger partial charge in [0, 0.05) is 0 Å². The Labute approximate surface area is 197 Å². The van der Waals surface area contributed by atoms with E-state index in [2.05, 4.69) is 0 Å². The summed E-state index contributed by atoms with van der Waals surface area (Å²) in [6, 6.07) is 22.1. The first-order chi connectivity index (χ1) is 16.4. The molecule has 0 saturated heterocycles. The van der Waals surface area contributed by atoms with E-state index < -0.39 is 5.75 Å². The van der Waals surface area contributed by atoms with Crippen LogP contribution < -0.4 is 4.74 Å². The molecule has 0 aromatic heterocycles. The fraction of sp³-hybridized carbons (Fsp3) is 0.143. The first-order valence-corrected chi connectivity index (χ1v) is 11.0. The van der Waals surface area contributed by atoms with Crippen molar-refractivity contribution in [3.05, 3.63) is 101 Å². The predicted molar refractivity (Wildman–Crippen MR) is 129 cm³/mol. The molecular weight excluding hydrogens is 432 g/mol. The summed E-state index contributed by atoms with van der Waals surface area (Å²) in [5.74, 6) is -0.177. The van der Waals surface area contributed by atoms with Crippen LogP contribution in [0.25, 0.3) is 0 Å². The van der Waals surface area contributed by atoms with Gasteiger partial charge in [0.25, 0.3) is 0 Å². The largest absolute Gasteiger partial charge is 0.508 e. The molecule has 0 atom stereocenters. The highest BCUT2D eigenvalue weighted by molar-refractivity contribution is 5.55. The van der Waals surface area contributed by atoms with Gasteiger partial charge in [0.05, 0.1) is 0 Å². The molecule has 0 fully saturated rings. The molecule has 0 radical (unpaired) electrons. The lowest BCUT2D eigenvalue weighted by molar-refractivity contribution is 0.361. The van der Waals surface area contributed by atoms with Crippen molar-refractivity contribution in [2.75, 3.05) is 0 Å². The van der Waals surface area contributed by atoms with Crippen molar-refractivity contribution in [2.45, 2.75) is 25.7 Å². The Hall–Kier alpha value is -4.32. The standard InChI is InChI=1S/C28H26O6/c29-22-11-8-18(9-12-22)4-7-21-15-25(32)28(33)27(17-21)34-26-16-20(10-13-24(26)31)6-5-19-2-1-3-23(30)14-19/h1-3,8-17,29-33H,4-7H2. The van der Waals surface area contributed by atoms with Crippen LogP contribution in [-0.2, 0) is 25.7 Å². The molecule has 0 aliphatic rings. The van der Waals surface area contributed by atoms with Gasteiger partial charge in [-0.2, -0.15) is 0 Å². The molecule has 0 spiro atoms. The van der Waals surface area contributed by atoms with Crippen molar-refractivity contribution in [1.29, 1.82) is 0 Å². The highest BCUT2D eigenvalue weighted by Crippen LogP contribution is 2.41. The predicted octanol–water partition coefficient (Wildman–Crippen LogP) is 5.58. The van der Waals surface area contributed by atoms with E-state index >= 15 is 0 Å². The second-order valence-corrected chi connectivity index (χ2v) is 8.20. The molecule has 34 heavy (non-hydrogen) atoms. The van der Waals surface area contributed by atoms with Crippen LogP contribution in [0.3, 0.4) is 0 Å². The van der Waals surface area contributed by atoms with Gasteiger partial charge in [0.15, 0.2) is 23.0 Å². The van der Waals surface area contributed by atoms with E-state index in [0.717, 1.165) is 22.3 Å². The summed E-state index contributed by atoms with van der Waals surface area (Å²) < 4.78 is 5.81. The minimum Gasteiger partial charge on any atom is -0.508 e. The zero-order valence-corrected chi connectivity index (χ0v) is 18.5. The summed E-state index contributed by atoms with van der Waals surface area (Å²) in [5, 5.41) is 49.9. The molecule has 0 unspecified atom stereocenters. The van der Waals surface area contributed by atoms with Gasteiger partial charge in [-0.1, -0.05) is 30.3 Å². The smallest absolute Gasteiger partial charge is 0.201 e. The van der Waals surface area contributed by atoms with Gasteiger partial charge in [0.1, 0.15) is 11.5 Å². The Bertz CT molecular complexity index is 1280. The van der Waals surface area contributed by atoms with Crippen LogP contribution in [-0.4, -0.2) is 25.5 Å². The Morgan fingerprint density at radius 3 is 1.82 bits per heavy atom. The number of phenolic OH excluding ortho intramolecular Hbond substituents is 5. The molecule has 0 aliphatic heterocycles. The minimum absolute atomic E-state index is 0.0427. The van der Waals surface area contributed by atoms with Crippen LogP contribution in [0.2, 0.25) is 0 Å². The number of aryl methyl sites for hydroxylation is 4. The van der Waals surface area contributed by atoms with Gasteiger partial charge in [-0.15, -0.1) is 0 Å². The maximum Gasteiger partial charge on any atom is 0.201 e. The van der Waals surface area contributed by atoms with Crippen molar-refractivity contribution in [3.8, 4) is 40.2 Å². The Morgan fingerprint density at radius 1 is 0.471 bits per heavy atom. The molecule has 0 aliphatic carbocycles. The number of phenols is 5. The SMILES string of the molecule is Oc1ccc(CCc2cc(O)c(O)c(Oc3cc(CCc4cccc(O)c4)ccc3O)c2)cc1. The first kappa shape index (κ1) is 22.9. The van der Waals surface area contributed by atoms with Crippen molar-refractivity contribution < 1.29 is 30.3 Å². The maximum atomic E-state index is 10.3. The van der Waals surface area contributed by atoms with E-state index in [0.29, 0.717) is 25.7 Å². The summed E-state index contributed by atoms with van der Waals surface area (Å²) in [7, 11) is 0. The summed E-state index contributed by atoms with van der Waals surface area (Å²) in [6.07, 6.45) is 2.59. The van der Waals surface area contributed by atoms with E-state index in [1.54, 1.807) is 48.5 Å². The van der Waals surface area contributed by atoms with Crippen LogP contribution >= 0.6 is 0 Å². The average molecular weight is 459 g/mol. The zero-order valence-electron chi connectivity index (χ0n) is 18.5. The van der Waals surface area contributed by atoms with Gasteiger partial charge in [0.2, 0.25) is 5.75 Å². The van der Waals surface area contributed by atoms with E-state index in [1.807, 2.05) is 18.2 Å². The molecule has 0 amide bonds. The van der Waals surface area contributed by atoms with Crippen LogP contribution in [0.1, 0.15) is 22.3 Å². The second-order valence-electron chi connectivity index (χ2n) is 8.20. The van der Waals surface area contributed by atoms with Crippen LogP contribution in [0.5, 0.6) is 40.2 Å². The second kappa shape index (κ2) is 10.1. The lowest BCUT2D eigenvalue weighted by Crippen LogP contribution is -1.95. The zero-order chi connectivity index (χ0) is 24.1. The van der Waals surface area contributed by atoms with Gasteiger partial charge in [-0.05, 0) is 96.5 Å². The van der Waals surface area contributed by atoms with E-state index in [4.69, 9.17) is 4.74 Å². The lowest BCUT2D eigenvalue weighted by Gasteiger charge is -2.13. The molecule has 4 aromatic carbocycles. The third-order valence-electron chi connectivity index (χ3n) is 5.61. The quantitative estimate of drug-likeness (QED) is 0.221. The van der Waals surface area contributed by atoms with Crippen molar-refractivity contribution in [1.82, 2.24) is 0 Å². The van der Waals surface area contributed by atoms with E-state index in [1.165, 1.54) is 12.1 Å². The van der Waals surface area contributed by atoms with Crippen LogP contribution in [0, 0.1) is 0 Å². The van der Waals surface area contributed by atoms with Crippen LogP contribution in [0.4, 0.5) is 0 Å². The first-order valence-electron chi connectivity index (χ1n) is 11.0. The van der Waals surface area contributed by atoms with Crippen LogP contribution in [0.15, 0.2) is 78.9 Å². The lowest BCUT2D eigenvalue weighted by atomic mass is 10.0. The Balaban J connectivity index is 1.49. The third-order valence-corrected chi connectivity index (χ3v) is 5.61. The Kier molecular flexibility index (Phi) is 6.78. The highest BCUT2D eigenvalue weighted by atomic mass is 16.5. The van der Waals surface area contributed by atoms with Crippen molar-refractivity contribution in [3.63, 3.8) is 0 Å². The topological polar surface area (TPSA) is 110 Å². The fourth-order valence-electron chi connectivity index (χ4n) is 3.74. The number of benzene rings is 4. The summed E-state index contributed by atoms with van der Waals surface area (Å²) >= 11 is 0. The van der Waals surface area contributed by atoms with Gasteiger partial charge in [-0.25, -0.2) is 0 Å². The number of rotatable bonds is 8. The van der Waals surface area contributed by atoms with E-state index in [9.17, 15) is 25.5 Å². The monoisotopic (exact) mass is 458 g/mol. The fourth-order valence-corrected chi connectivity index (χ4v) is 3.74. The van der Waals surface area contributed by atoms with E-state index in [-0.39, 0.29) is 34.5 Å². The van der Waals surface area contributed by atoms with Crippen molar-refractivity contribution >= 4 is 0 Å². The summed E-state index contributed by atoms with van der Waals surface area (Å²) in [5.41, 5.74) is 3.66. The molecule has 0 saturated carbocycles. The summed E-state index contributed by atoms with van der Waals surface area (Å²) in [4.78, 5) is 0. The van der Waals surface area contributed by atoms with Gasteiger partial charge < -0.3 is 30.3 Å². The Morgan fingerprint density at radius 2 is 1.09 bits per heavy atom. The van der Waals surface area contributed by atoms with Gasteiger partial charge in [-0.3, -0.25) is 0 Å². The van der Waals surface area contributed by atoms with Crippen molar-refractivity contribution in [2.24, 2.45) is 0 Å². The third kappa shape index (κ3) is 5.72. The minimum atomic E-state index is -0.405. The molecular formula is C28H26O6. The molecule has 4 rings (SSSR count). The number of ether oxygens (including phenoxy) is 1. The van der Waals surface area contributed by atoms with Gasteiger partial charge >= 0.3 is 0 Å². The molecule has 0 heterocycles. The summed E-state index contributed by atoms with van der Waals surface area (Å²) in [6.45, 7) is 0. The molecule has 174 valence electrons. The molecule has 0 bridgehead atoms. The highest BCUT2D eigenvalue weighted by Gasteiger charge is 2.14. The average Bonchev–Trinajstić information content (AvgIpc) is 2.82. The number of aromatic hydroxyl groups is 5. The number of hydrogen-bond donors (Lipinski definition) is 5. The maximum absolute atomic E-state index is 10.3.